The smallest absolute Gasteiger partial charge is 0.261 e. The summed E-state index contributed by atoms with van der Waals surface area (Å²) in [5.41, 5.74) is 12.1. The molecule has 0 saturated carbocycles. The molecule has 7 nitrogen and oxygen atoms in total. The lowest BCUT2D eigenvalue weighted by atomic mass is 9.88. The van der Waals surface area contributed by atoms with Crippen LogP contribution in [0.15, 0.2) is 115 Å². The molecule has 6 rings (SSSR count). The lowest BCUT2D eigenvalue weighted by molar-refractivity contribution is -0.121. The average Bonchev–Trinajstić information content (AvgIpc) is 3.09. The van der Waals surface area contributed by atoms with E-state index < -0.39 is 0 Å². The Kier molecular flexibility index (Phi) is 8.99. The number of rotatable bonds is 12. The number of anilines is 1. The van der Waals surface area contributed by atoms with Crippen LogP contribution in [-0.4, -0.2) is 35.7 Å². The molecule has 1 aliphatic heterocycles. The minimum absolute atomic E-state index is 0.0115. The quantitative estimate of drug-likeness (QED) is 0.148. The van der Waals surface area contributed by atoms with Gasteiger partial charge >= 0.3 is 0 Å². The van der Waals surface area contributed by atoms with Gasteiger partial charge in [0, 0.05) is 66.1 Å². The minimum atomic E-state index is -0.382. The number of carbonyl (C=O) groups excluding carboxylic acids is 3. The molecule has 3 amide bonds. The molecule has 1 heterocycles. The van der Waals surface area contributed by atoms with E-state index in [4.69, 9.17) is 5.73 Å². The van der Waals surface area contributed by atoms with Gasteiger partial charge in [-0.25, -0.2) is 0 Å². The molecule has 0 spiro atoms. The molecule has 0 aliphatic carbocycles. The standard InChI is InChI=1S/C38H36N4O3/c39-24-26-9-7-10-27(23-26)25-41-34-18-17-33-36-31(34)15-8-16-32(36)37(44)42(38(33)45)22-20-35(43)40-21-19-30(28-11-3-1-4-12-28)29-13-5-2-6-14-29/h1-18,23,30,41H,19-22,24-25,39H2,(H,40,43). The van der Waals surface area contributed by atoms with Crippen LogP contribution in [0.4, 0.5) is 5.69 Å². The summed E-state index contributed by atoms with van der Waals surface area (Å²) >= 11 is 0. The lowest BCUT2D eigenvalue weighted by Gasteiger charge is -2.28. The van der Waals surface area contributed by atoms with E-state index in [0.717, 1.165) is 28.6 Å². The molecule has 0 atom stereocenters. The summed E-state index contributed by atoms with van der Waals surface area (Å²) in [4.78, 5) is 41.2. The summed E-state index contributed by atoms with van der Waals surface area (Å²) in [6.07, 6.45) is 0.761. The van der Waals surface area contributed by atoms with Gasteiger partial charge in [-0.2, -0.15) is 0 Å². The van der Waals surface area contributed by atoms with E-state index in [1.807, 2.05) is 72.8 Å². The van der Waals surface area contributed by atoms with Gasteiger partial charge in [0.1, 0.15) is 0 Å². The van der Waals surface area contributed by atoms with Gasteiger partial charge in [0.15, 0.2) is 0 Å². The second-order valence-electron chi connectivity index (χ2n) is 11.3. The predicted molar refractivity (Wildman–Crippen MR) is 178 cm³/mol. The molecule has 0 aromatic heterocycles. The number of nitrogens with one attached hydrogen (secondary N) is 2. The van der Waals surface area contributed by atoms with Gasteiger partial charge in [0.25, 0.3) is 11.8 Å². The molecule has 5 aromatic rings. The van der Waals surface area contributed by atoms with E-state index in [2.05, 4.69) is 41.0 Å². The fraction of sp³-hybridized carbons (Fsp3) is 0.184. The predicted octanol–water partition coefficient (Wildman–Crippen LogP) is 6.24. The third-order valence-electron chi connectivity index (χ3n) is 8.42. The van der Waals surface area contributed by atoms with Crippen molar-refractivity contribution in [2.45, 2.75) is 31.8 Å². The minimum Gasteiger partial charge on any atom is -0.380 e. The molecule has 45 heavy (non-hydrogen) atoms. The molecule has 7 heteroatoms. The third kappa shape index (κ3) is 6.49. The van der Waals surface area contributed by atoms with Gasteiger partial charge < -0.3 is 16.4 Å². The third-order valence-corrected chi connectivity index (χ3v) is 8.42. The van der Waals surface area contributed by atoms with Crippen molar-refractivity contribution in [2.24, 2.45) is 5.73 Å². The number of imide groups is 1. The Morgan fingerprint density at radius 2 is 1.38 bits per heavy atom. The molecule has 0 fully saturated rings. The number of nitrogens with two attached hydrogens (primary N) is 1. The van der Waals surface area contributed by atoms with E-state index in [1.165, 1.54) is 16.0 Å². The van der Waals surface area contributed by atoms with Gasteiger partial charge in [0.2, 0.25) is 5.91 Å². The first-order valence-corrected chi connectivity index (χ1v) is 15.3. The van der Waals surface area contributed by atoms with Crippen LogP contribution in [0, 0.1) is 0 Å². The first kappa shape index (κ1) is 29.8. The maximum atomic E-state index is 13.5. The summed E-state index contributed by atoms with van der Waals surface area (Å²) < 4.78 is 0. The Labute approximate surface area is 263 Å². The second-order valence-corrected chi connectivity index (χ2v) is 11.3. The van der Waals surface area contributed by atoms with Gasteiger partial charge in [0.05, 0.1) is 0 Å². The van der Waals surface area contributed by atoms with Crippen LogP contribution in [0.1, 0.15) is 61.7 Å². The Hall–Kier alpha value is -5.27. The first-order chi connectivity index (χ1) is 22.0. The van der Waals surface area contributed by atoms with Gasteiger partial charge in [-0.1, -0.05) is 97.1 Å². The fourth-order valence-electron chi connectivity index (χ4n) is 6.12. The molecular formula is C38H36N4O3. The fourth-order valence-corrected chi connectivity index (χ4v) is 6.12. The van der Waals surface area contributed by atoms with Crippen LogP contribution in [0.2, 0.25) is 0 Å². The topological polar surface area (TPSA) is 105 Å². The van der Waals surface area contributed by atoms with Crippen molar-refractivity contribution < 1.29 is 14.4 Å². The molecule has 1 aliphatic rings. The van der Waals surface area contributed by atoms with Crippen molar-refractivity contribution in [1.29, 1.82) is 0 Å². The summed E-state index contributed by atoms with van der Waals surface area (Å²) in [6.45, 7) is 1.54. The second kappa shape index (κ2) is 13.6. The number of hydrogen-bond acceptors (Lipinski definition) is 5. The monoisotopic (exact) mass is 596 g/mol. The van der Waals surface area contributed by atoms with Crippen molar-refractivity contribution in [3.05, 3.63) is 149 Å². The largest absolute Gasteiger partial charge is 0.380 e. The zero-order chi connectivity index (χ0) is 31.2. The molecule has 226 valence electrons. The summed E-state index contributed by atoms with van der Waals surface area (Å²) in [5, 5.41) is 7.91. The molecule has 0 unspecified atom stereocenters. The zero-order valence-electron chi connectivity index (χ0n) is 25.0. The van der Waals surface area contributed by atoms with Crippen LogP contribution in [-0.2, 0) is 17.9 Å². The maximum Gasteiger partial charge on any atom is 0.261 e. The molecule has 0 radical (unpaired) electrons. The molecule has 5 aromatic carbocycles. The lowest BCUT2D eigenvalue weighted by Crippen LogP contribution is -2.42. The van der Waals surface area contributed by atoms with Crippen molar-refractivity contribution in [1.82, 2.24) is 10.2 Å². The maximum absolute atomic E-state index is 13.5. The van der Waals surface area contributed by atoms with E-state index in [9.17, 15) is 14.4 Å². The Bertz CT molecular complexity index is 1780. The average molecular weight is 597 g/mol. The summed E-state index contributed by atoms with van der Waals surface area (Å²) in [5.74, 6) is -0.818. The van der Waals surface area contributed by atoms with Crippen LogP contribution >= 0.6 is 0 Å². The Balaban J connectivity index is 1.10. The van der Waals surface area contributed by atoms with E-state index >= 15 is 0 Å². The zero-order valence-corrected chi connectivity index (χ0v) is 25.0. The van der Waals surface area contributed by atoms with E-state index in [-0.39, 0.29) is 36.6 Å². The summed E-state index contributed by atoms with van der Waals surface area (Å²) in [7, 11) is 0. The van der Waals surface area contributed by atoms with Crippen molar-refractivity contribution in [3.63, 3.8) is 0 Å². The highest BCUT2D eigenvalue weighted by molar-refractivity contribution is 6.26. The highest BCUT2D eigenvalue weighted by atomic mass is 16.2. The van der Waals surface area contributed by atoms with E-state index in [1.54, 1.807) is 12.1 Å². The molecule has 0 saturated heterocycles. The first-order valence-electron chi connectivity index (χ1n) is 15.3. The van der Waals surface area contributed by atoms with Crippen LogP contribution in [0.25, 0.3) is 10.8 Å². The summed E-state index contributed by atoms with van der Waals surface area (Å²) in [6, 6.07) is 37.7. The van der Waals surface area contributed by atoms with Crippen molar-refractivity contribution >= 4 is 34.2 Å². The molecule has 4 N–H and O–H groups in total. The normalized spacial score (nSPS) is 12.5. The number of nitrogens with zero attached hydrogens (tertiary/aromatic N) is 1. The van der Waals surface area contributed by atoms with Gasteiger partial charge in [-0.3, -0.25) is 19.3 Å². The highest BCUT2D eigenvalue weighted by Gasteiger charge is 2.33. The highest BCUT2D eigenvalue weighted by Crippen LogP contribution is 2.35. The molecular weight excluding hydrogens is 560 g/mol. The number of benzene rings is 5. The molecule has 0 bridgehead atoms. The van der Waals surface area contributed by atoms with Crippen LogP contribution in [0.3, 0.4) is 0 Å². The van der Waals surface area contributed by atoms with Crippen LogP contribution < -0.4 is 16.4 Å². The van der Waals surface area contributed by atoms with Crippen molar-refractivity contribution in [3.8, 4) is 0 Å². The Morgan fingerprint density at radius 1 is 0.733 bits per heavy atom. The number of amides is 3. The van der Waals surface area contributed by atoms with Gasteiger partial charge in [-0.05, 0) is 46.9 Å². The van der Waals surface area contributed by atoms with Crippen LogP contribution in [0.5, 0.6) is 0 Å². The SMILES string of the molecule is NCc1cccc(CNc2ccc3c4c(cccc24)C(=O)N(CCC(=O)NCCC(c2ccccc2)c2ccccc2)C3=O)c1. The Morgan fingerprint density at radius 3 is 2.07 bits per heavy atom. The number of hydrogen-bond donors (Lipinski definition) is 3. The number of carbonyl (C=O) groups is 3. The van der Waals surface area contributed by atoms with Gasteiger partial charge in [-0.15, -0.1) is 0 Å². The van der Waals surface area contributed by atoms with E-state index in [0.29, 0.717) is 36.1 Å². The van der Waals surface area contributed by atoms with Crippen molar-refractivity contribution in [2.75, 3.05) is 18.4 Å².